The lowest BCUT2D eigenvalue weighted by Crippen LogP contribution is -2.05. The van der Waals surface area contributed by atoms with E-state index in [-0.39, 0.29) is 0 Å². The molecule has 0 aliphatic carbocycles. The Kier molecular flexibility index (Phi) is 4.39. The van der Waals surface area contributed by atoms with Crippen molar-refractivity contribution in [1.82, 2.24) is 4.98 Å². The summed E-state index contributed by atoms with van der Waals surface area (Å²) >= 11 is 7.39. The van der Waals surface area contributed by atoms with Crippen molar-refractivity contribution in [3.05, 3.63) is 39.9 Å². The minimum atomic E-state index is -0.408. The summed E-state index contributed by atoms with van der Waals surface area (Å²) in [5.41, 5.74) is 2.13. The molecule has 1 heterocycles. The molecule has 0 saturated carbocycles. The minimum Gasteiger partial charge on any atom is -0.461 e. The normalized spacial score (nSPS) is 10.3. The number of carbonyl (C=O) groups is 1. The molecule has 0 aliphatic heterocycles. The predicted molar refractivity (Wildman–Crippen MR) is 77.5 cm³/mol. The zero-order valence-electron chi connectivity index (χ0n) is 10.6. The number of aromatic nitrogens is 1. The third kappa shape index (κ3) is 3.24. The Morgan fingerprint density at radius 1 is 1.53 bits per heavy atom. The molecule has 0 fully saturated rings. The Labute approximate surface area is 120 Å². The average Bonchev–Trinajstić information content (AvgIpc) is 2.84. The van der Waals surface area contributed by atoms with Gasteiger partial charge in [-0.25, -0.2) is 9.78 Å². The molecule has 1 aromatic carbocycles. The molecule has 4 nitrogen and oxygen atoms in total. The topological polar surface area (TPSA) is 51.2 Å². The summed E-state index contributed by atoms with van der Waals surface area (Å²) in [6.07, 6.45) is 0. The molecule has 0 saturated heterocycles. The standard InChI is InChI=1S/C13H13ClN2O2S/c1-3-18-12(17)11-7-19-13(16-11)15-10-6-4-5-9(14)8(10)2/h4-7H,3H2,1-2H3,(H,15,16). The number of nitrogens with one attached hydrogen (secondary N) is 1. The first-order valence-corrected chi connectivity index (χ1v) is 7.02. The number of thiazole rings is 1. The summed E-state index contributed by atoms with van der Waals surface area (Å²) in [4.78, 5) is 15.7. The molecule has 0 unspecified atom stereocenters. The van der Waals surface area contributed by atoms with Gasteiger partial charge in [0.25, 0.3) is 0 Å². The summed E-state index contributed by atoms with van der Waals surface area (Å²) in [7, 11) is 0. The second-order valence-electron chi connectivity index (χ2n) is 3.80. The molecule has 1 N–H and O–H groups in total. The van der Waals surface area contributed by atoms with E-state index in [0.717, 1.165) is 11.3 Å². The van der Waals surface area contributed by atoms with Crippen molar-refractivity contribution in [2.45, 2.75) is 13.8 Å². The monoisotopic (exact) mass is 296 g/mol. The molecule has 1 aromatic heterocycles. The van der Waals surface area contributed by atoms with Gasteiger partial charge in [-0.1, -0.05) is 17.7 Å². The fourth-order valence-electron chi connectivity index (χ4n) is 1.49. The first-order valence-electron chi connectivity index (χ1n) is 5.76. The van der Waals surface area contributed by atoms with E-state index in [4.69, 9.17) is 16.3 Å². The van der Waals surface area contributed by atoms with Gasteiger partial charge in [-0.2, -0.15) is 0 Å². The number of nitrogens with zero attached hydrogens (tertiary/aromatic N) is 1. The van der Waals surface area contributed by atoms with Crippen molar-refractivity contribution in [3.63, 3.8) is 0 Å². The lowest BCUT2D eigenvalue weighted by atomic mass is 10.2. The largest absolute Gasteiger partial charge is 0.461 e. The lowest BCUT2D eigenvalue weighted by Gasteiger charge is -2.07. The second kappa shape index (κ2) is 6.04. The highest BCUT2D eigenvalue weighted by atomic mass is 35.5. The van der Waals surface area contributed by atoms with Crippen molar-refractivity contribution >= 4 is 39.7 Å². The third-order valence-corrected chi connectivity index (χ3v) is 3.67. The summed E-state index contributed by atoms with van der Waals surface area (Å²) in [6.45, 7) is 4.02. The highest BCUT2D eigenvalue weighted by molar-refractivity contribution is 7.14. The van der Waals surface area contributed by atoms with Crippen molar-refractivity contribution in [3.8, 4) is 0 Å². The van der Waals surface area contributed by atoms with Crippen LogP contribution in [0, 0.1) is 6.92 Å². The van der Waals surface area contributed by atoms with Crippen LogP contribution in [-0.4, -0.2) is 17.6 Å². The van der Waals surface area contributed by atoms with Gasteiger partial charge >= 0.3 is 5.97 Å². The van der Waals surface area contributed by atoms with Crippen LogP contribution >= 0.6 is 22.9 Å². The number of esters is 1. The molecule has 0 atom stereocenters. The van der Waals surface area contributed by atoms with E-state index in [1.54, 1.807) is 12.3 Å². The molecule has 0 bridgehead atoms. The summed E-state index contributed by atoms with van der Waals surface area (Å²) < 4.78 is 4.89. The van der Waals surface area contributed by atoms with Crippen molar-refractivity contribution in [2.75, 3.05) is 11.9 Å². The van der Waals surface area contributed by atoms with E-state index in [0.29, 0.717) is 22.5 Å². The first-order chi connectivity index (χ1) is 9.11. The number of anilines is 2. The van der Waals surface area contributed by atoms with Gasteiger partial charge in [0.15, 0.2) is 10.8 Å². The maximum atomic E-state index is 11.5. The zero-order chi connectivity index (χ0) is 13.8. The van der Waals surface area contributed by atoms with Gasteiger partial charge in [0.2, 0.25) is 0 Å². The minimum absolute atomic E-state index is 0.314. The first kappa shape index (κ1) is 13.8. The molecule has 2 aromatic rings. The Bertz CT molecular complexity index is 598. The van der Waals surface area contributed by atoms with Gasteiger partial charge in [-0.05, 0) is 31.5 Å². The van der Waals surface area contributed by atoms with Crippen LogP contribution in [0.1, 0.15) is 23.0 Å². The summed E-state index contributed by atoms with van der Waals surface area (Å²) in [5, 5.41) is 6.13. The number of carbonyl (C=O) groups excluding carboxylic acids is 1. The SMILES string of the molecule is CCOC(=O)c1csc(Nc2cccc(Cl)c2C)n1. The van der Waals surface area contributed by atoms with E-state index in [2.05, 4.69) is 10.3 Å². The van der Waals surface area contributed by atoms with Crippen LogP contribution in [0.2, 0.25) is 5.02 Å². The molecule has 0 amide bonds. The molecule has 100 valence electrons. The van der Waals surface area contributed by atoms with E-state index >= 15 is 0 Å². The summed E-state index contributed by atoms with van der Waals surface area (Å²) in [6, 6.07) is 5.60. The number of ether oxygens (including phenoxy) is 1. The van der Waals surface area contributed by atoms with E-state index in [1.807, 2.05) is 25.1 Å². The smallest absolute Gasteiger partial charge is 0.357 e. The summed E-state index contributed by atoms with van der Waals surface area (Å²) in [5.74, 6) is -0.408. The van der Waals surface area contributed by atoms with Crippen LogP contribution in [0.25, 0.3) is 0 Å². The Morgan fingerprint density at radius 3 is 3.05 bits per heavy atom. The van der Waals surface area contributed by atoms with E-state index < -0.39 is 5.97 Å². The van der Waals surface area contributed by atoms with Gasteiger partial charge < -0.3 is 10.1 Å². The zero-order valence-corrected chi connectivity index (χ0v) is 12.1. The molecular formula is C13H13ClN2O2S. The Hall–Kier alpha value is -1.59. The van der Waals surface area contributed by atoms with E-state index in [9.17, 15) is 4.79 Å². The molecule has 0 radical (unpaired) electrons. The fraction of sp³-hybridized carbons (Fsp3) is 0.231. The molecule has 2 rings (SSSR count). The van der Waals surface area contributed by atoms with Crippen LogP contribution < -0.4 is 5.32 Å². The van der Waals surface area contributed by atoms with Gasteiger partial charge in [-0.3, -0.25) is 0 Å². The average molecular weight is 297 g/mol. The number of hydrogen-bond donors (Lipinski definition) is 1. The third-order valence-electron chi connectivity index (χ3n) is 2.50. The number of halogens is 1. The van der Waals surface area contributed by atoms with Crippen LogP contribution in [0.3, 0.4) is 0 Å². The van der Waals surface area contributed by atoms with Crippen molar-refractivity contribution < 1.29 is 9.53 Å². The Morgan fingerprint density at radius 2 is 2.32 bits per heavy atom. The molecule has 6 heteroatoms. The molecular weight excluding hydrogens is 284 g/mol. The van der Waals surface area contributed by atoms with Crippen LogP contribution in [0.15, 0.2) is 23.6 Å². The predicted octanol–water partition coefficient (Wildman–Crippen LogP) is 4.03. The van der Waals surface area contributed by atoms with Gasteiger partial charge in [0.1, 0.15) is 0 Å². The highest BCUT2D eigenvalue weighted by Gasteiger charge is 2.12. The maximum Gasteiger partial charge on any atom is 0.357 e. The second-order valence-corrected chi connectivity index (χ2v) is 5.06. The quantitative estimate of drug-likeness (QED) is 0.866. The molecule has 0 spiro atoms. The molecule has 19 heavy (non-hydrogen) atoms. The number of hydrogen-bond acceptors (Lipinski definition) is 5. The van der Waals surface area contributed by atoms with Crippen molar-refractivity contribution in [1.29, 1.82) is 0 Å². The number of rotatable bonds is 4. The highest BCUT2D eigenvalue weighted by Crippen LogP contribution is 2.27. The van der Waals surface area contributed by atoms with Crippen LogP contribution in [0.5, 0.6) is 0 Å². The lowest BCUT2D eigenvalue weighted by molar-refractivity contribution is 0.0520. The molecule has 0 aliphatic rings. The van der Waals surface area contributed by atoms with E-state index in [1.165, 1.54) is 11.3 Å². The van der Waals surface area contributed by atoms with Crippen molar-refractivity contribution in [2.24, 2.45) is 0 Å². The maximum absolute atomic E-state index is 11.5. The number of benzene rings is 1. The van der Waals surface area contributed by atoms with Gasteiger partial charge in [0.05, 0.1) is 6.61 Å². The van der Waals surface area contributed by atoms with Gasteiger partial charge in [0, 0.05) is 16.1 Å². The Balaban J connectivity index is 2.16. The fourth-order valence-corrected chi connectivity index (χ4v) is 2.35. The van der Waals surface area contributed by atoms with Gasteiger partial charge in [-0.15, -0.1) is 11.3 Å². The van der Waals surface area contributed by atoms with Crippen LogP contribution in [-0.2, 0) is 4.74 Å². The van der Waals surface area contributed by atoms with Crippen LogP contribution in [0.4, 0.5) is 10.8 Å².